The Labute approximate surface area is 212 Å². The molecule has 0 heterocycles. The Morgan fingerprint density at radius 1 is 1.06 bits per heavy atom. The van der Waals surface area contributed by atoms with Crippen LogP contribution in [0.5, 0.6) is 5.75 Å². The highest BCUT2D eigenvalue weighted by Gasteiger charge is 2.27. The summed E-state index contributed by atoms with van der Waals surface area (Å²) in [4.78, 5) is 23.8. The van der Waals surface area contributed by atoms with E-state index in [1.165, 1.54) is 44.5 Å². The molecule has 0 aliphatic heterocycles. The minimum atomic E-state index is -4.14. The molecule has 3 aromatic carbocycles. The van der Waals surface area contributed by atoms with Crippen molar-refractivity contribution in [1.82, 2.24) is 5.43 Å². The topological polar surface area (TPSA) is 117 Å². The third kappa shape index (κ3) is 7.14. The van der Waals surface area contributed by atoms with Crippen molar-refractivity contribution >= 4 is 55.4 Å². The zero-order chi connectivity index (χ0) is 25.4. The maximum atomic E-state index is 13.5. The van der Waals surface area contributed by atoms with Gasteiger partial charge in [-0.05, 0) is 66.2 Å². The van der Waals surface area contributed by atoms with E-state index in [0.717, 1.165) is 14.3 Å². The molecule has 0 fully saturated rings. The number of hydrogen-bond donors (Lipinski definition) is 2. The summed E-state index contributed by atoms with van der Waals surface area (Å²) in [5.41, 5.74) is 3.83. The van der Waals surface area contributed by atoms with Gasteiger partial charge in [-0.15, -0.1) is 0 Å². The second-order valence-electron chi connectivity index (χ2n) is 7.26. The van der Waals surface area contributed by atoms with Crippen molar-refractivity contribution in [2.45, 2.75) is 11.8 Å². The summed E-state index contributed by atoms with van der Waals surface area (Å²) in [6.07, 6.45) is 1.45. The summed E-state index contributed by atoms with van der Waals surface area (Å²) in [5.74, 6) is -0.375. The summed E-state index contributed by atoms with van der Waals surface area (Å²) in [6.45, 7) is 0.839. The number of benzene rings is 3. The first-order chi connectivity index (χ1) is 16.7. The molecule has 0 bridgehead atoms. The molecule has 35 heavy (non-hydrogen) atoms. The first-order valence-electron chi connectivity index (χ1n) is 10.3. The summed E-state index contributed by atoms with van der Waals surface area (Å²) in [6, 6.07) is 19.3. The Morgan fingerprint density at radius 2 is 1.74 bits per heavy atom. The predicted octanol–water partition coefficient (Wildman–Crippen LogP) is 3.76. The van der Waals surface area contributed by atoms with E-state index in [1.807, 2.05) is 18.2 Å². The number of sulfonamides is 1. The SMILES string of the molecule is COc1ccc(N(CC(=O)N/N=C\c2cccc(Br)c2)S(=O)(=O)c2ccc(NC(C)=O)cc2)cc1. The molecule has 0 aliphatic rings. The number of rotatable bonds is 9. The van der Waals surface area contributed by atoms with Crippen molar-refractivity contribution in [2.75, 3.05) is 23.3 Å². The van der Waals surface area contributed by atoms with E-state index >= 15 is 0 Å². The number of halogens is 1. The van der Waals surface area contributed by atoms with Gasteiger partial charge in [0.1, 0.15) is 12.3 Å². The lowest BCUT2D eigenvalue weighted by Crippen LogP contribution is -2.39. The number of nitrogens with one attached hydrogen (secondary N) is 2. The number of hydrazone groups is 1. The van der Waals surface area contributed by atoms with E-state index < -0.39 is 22.5 Å². The lowest BCUT2D eigenvalue weighted by atomic mass is 10.2. The first-order valence-corrected chi connectivity index (χ1v) is 12.5. The molecule has 0 atom stereocenters. The Morgan fingerprint density at radius 3 is 2.34 bits per heavy atom. The van der Waals surface area contributed by atoms with E-state index in [2.05, 4.69) is 31.8 Å². The summed E-state index contributed by atoms with van der Waals surface area (Å²) in [7, 11) is -2.64. The second kappa shape index (κ2) is 11.6. The largest absolute Gasteiger partial charge is 0.497 e. The van der Waals surface area contributed by atoms with Crippen LogP contribution in [0, 0.1) is 0 Å². The molecule has 182 valence electrons. The van der Waals surface area contributed by atoms with Gasteiger partial charge in [0.05, 0.1) is 23.9 Å². The van der Waals surface area contributed by atoms with Gasteiger partial charge in [0.2, 0.25) is 5.91 Å². The molecule has 0 aromatic heterocycles. The monoisotopic (exact) mass is 558 g/mol. The van der Waals surface area contributed by atoms with Crippen molar-refractivity contribution in [3.8, 4) is 5.75 Å². The van der Waals surface area contributed by atoms with Crippen LogP contribution in [0.3, 0.4) is 0 Å². The number of anilines is 2. The van der Waals surface area contributed by atoms with Gasteiger partial charge in [-0.25, -0.2) is 13.8 Å². The minimum absolute atomic E-state index is 0.0483. The van der Waals surface area contributed by atoms with Crippen molar-refractivity contribution in [3.63, 3.8) is 0 Å². The van der Waals surface area contributed by atoms with Gasteiger partial charge in [-0.1, -0.05) is 28.1 Å². The highest BCUT2D eigenvalue weighted by Crippen LogP contribution is 2.26. The molecule has 0 saturated heterocycles. The molecular formula is C24H23BrN4O5S. The number of carbonyl (C=O) groups excluding carboxylic acids is 2. The summed E-state index contributed by atoms with van der Waals surface area (Å²) < 4.78 is 33.9. The predicted molar refractivity (Wildman–Crippen MR) is 138 cm³/mol. The lowest BCUT2D eigenvalue weighted by molar-refractivity contribution is -0.119. The third-order valence-electron chi connectivity index (χ3n) is 4.66. The highest BCUT2D eigenvalue weighted by atomic mass is 79.9. The molecule has 0 spiro atoms. The number of methoxy groups -OCH3 is 1. The Balaban J connectivity index is 1.85. The molecule has 2 amide bonds. The lowest BCUT2D eigenvalue weighted by Gasteiger charge is -2.24. The maximum absolute atomic E-state index is 13.5. The van der Waals surface area contributed by atoms with E-state index in [0.29, 0.717) is 11.4 Å². The van der Waals surface area contributed by atoms with Gasteiger partial charge in [0, 0.05) is 17.1 Å². The highest BCUT2D eigenvalue weighted by molar-refractivity contribution is 9.10. The van der Waals surface area contributed by atoms with Crippen molar-refractivity contribution in [2.24, 2.45) is 5.10 Å². The first kappa shape index (κ1) is 25.9. The molecule has 0 aliphatic carbocycles. The zero-order valence-electron chi connectivity index (χ0n) is 18.9. The average molecular weight is 559 g/mol. The van der Waals surface area contributed by atoms with Gasteiger partial charge in [-0.3, -0.25) is 13.9 Å². The van der Waals surface area contributed by atoms with Crippen LogP contribution in [-0.2, 0) is 19.6 Å². The van der Waals surface area contributed by atoms with Crippen LogP contribution in [-0.4, -0.2) is 40.1 Å². The molecule has 0 radical (unpaired) electrons. The van der Waals surface area contributed by atoms with Crippen LogP contribution in [0.15, 0.2) is 87.3 Å². The van der Waals surface area contributed by atoms with Gasteiger partial charge >= 0.3 is 0 Å². The number of amides is 2. The zero-order valence-corrected chi connectivity index (χ0v) is 21.3. The average Bonchev–Trinajstić information content (AvgIpc) is 2.82. The van der Waals surface area contributed by atoms with Gasteiger partial charge in [0.25, 0.3) is 15.9 Å². The van der Waals surface area contributed by atoms with E-state index in [-0.39, 0.29) is 16.5 Å². The molecular weight excluding hydrogens is 536 g/mol. The van der Waals surface area contributed by atoms with Gasteiger partial charge < -0.3 is 10.1 Å². The van der Waals surface area contributed by atoms with E-state index in [9.17, 15) is 18.0 Å². The fraction of sp³-hybridized carbons (Fsp3) is 0.125. The molecule has 3 aromatic rings. The van der Waals surface area contributed by atoms with Crippen LogP contribution in [0.25, 0.3) is 0 Å². The van der Waals surface area contributed by atoms with Crippen molar-refractivity contribution < 1.29 is 22.7 Å². The van der Waals surface area contributed by atoms with Crippen molar-refractivity contribution in [3.05, 3.63) is 82.8 Å². The molecule has 3 rings (SSSR count). The van der Waals surface area contributed by atoms with Crippen LogP contribution >= 0.6 is 15.9 Å². The van der Waals surface area contributed by atoms with Crippen LogP contribution in [0.2, 0.25) is 0 Å². The molecule has 0 saturated carbocycles. The van der Waals surface area contributed by atoms with Crippen molar-refractivity contribution in [1.29, 1.82) is 0 Å². The number of carbonyl (C=O) groups is 2. The molecule has 11 heteroatoms. The Kier molecular flexibility index (Phi) is 8.61. The number of nitrogens with zero attached hydrogens (tertiary/aromatic N) is 2. The minimum Gasteiger partial charge on any atom is -0.497 e. The van der Waals surface area contributed by atoms with E-state index in [1.54, 1.807) is 30.3 Å². The van der Waals surface area contributed by atoms with Gasteiger partial charge in [-0.2, -0.15) is 5.10 Å². The Hall–Kier alpha value is -3.70. The van der Waals surface area contributed by atoms with Crippen LogP contribution < -0.4 is 19.8 Å². The van der Waals surface area contributed by atoms with E-state index in [4.69, 9.17) is 4.74 Å². The molecule has 2 N–H and O–H groups in total. The number of ether oxygens (including phenoxy) is 1. The second-order valence-corrected chi connectivity index (χ2v) is 10.0. The van der Waals surface area contributed by atoms with Gasteiger partial charge in [0.15, 0.2) is 0 Å². The maximum Gasteiger partial charge on any atom is 0.264 e. The fourth-order valence-corrected chi connectivity index (χ4v) is 4.87. The fourth-order valence-electron chi connectivity index (χ4n) is 3.04. The number of hydrogen-bond acceptors (Lipinski definition) is 6. The molecule has 9 nitrogen and oxygen atoms in total. The Bertz CT molecular complexity index is 1330. The summed E-state index contributed by atoms with van der Waals surface area (Å²) in [5, 5.41) is 6.51. The van der Waals surface area contributed by atoms with Crippen LogP contribution in [0.4, 0.5) is 11.4 Å². The summed E-state index contributed by atoms with van der Waals surface area (Å²) >= 11 is 3.36. The normalized spacial score (nSPS) is 11.2. The smallest absolute Gasteiger partial charge is 0.264 e. The standard InChI is InChI=1S/C24H23BrN4O5S/c1-17(30)27-20-6-12-23(13-7-20)35(32,33)29(21-8-10-22(34-2)11-9-21)16-24(31)28-26-15-18-4-3-5-19(25)14-18/h3-15H,16H2,1-2H3,(H,27,30)(H,28,31)/b26-15-. The van der Waals surface area contributed by atoms with Crippen LogP contribution in [0.1, 0.15) is 12.5 Å². The molecule has 0 unspecified atom stereocenters. The quantitative estimate of drug-likeness (QED) is 0.306. The third-order valence-corrected chi connectivity index (χ3v) is 6.94.